The predicted octanol–water partition coefficient (Wildman–Crippen LogP) is 4.83. The minimum absolute atomic E-state index is 0.0911. The molecule has 1 saturated carbocycles. The Morgan fingerprint density at radius 3 is 2.39 bits per heavy atom. The highest BCUT2D eigenvalue weighted by atomic mass is 32.1. The van der Waals surface area contributed by atoms with Crippen LogP contribution >= 0.6 is 12.2 Å². The van der Waals surface area contributed by atoms with Crippen molar-refractivity contribution < 1.29 is 4.79 Å². The van der Waals surface area contributed by atoms with Gasteiger partial charge in [-0.2, -0.15) is 0 Å². The third kappa shape index (κ3) is 3.39. The highest BCUT2D eigenvalue weighted by Crippen LogP contribution is 2.33. The molecule has 2 aromatic rings. The Morgan fingerprint density at radius 1 is 1.11 bits per heavy atom. The minimum atomic E-state index is -0.0911. The van der Waals surface area contributed by atoms with Crippen molar-refractivity contribution >= 4 is 29.3 Å². The van der Waals surface area contributed by atoms with Crippen molar-refractivity contribution in [2.24, 2.45) is 0 Å². The van der Waals surface area contributed by atoms with Crippen LogP contribution in [0.15, 0.2) is 36.0 Å². The van der Waals surface area contributed by atoms with Gasteiger partial charge in [0.15, 0.2) is 5.11 Å². The van der Waals surface area contributed by atoms with Crippen molar-refractivity contribution in [3.63, 3.8) is 0 Å². The molecule has 28 heavy (non-hydrogen) atoms. The van der Waals surface area contributed by atoms with Crippen LogP contribution in [0, 0.1) is 13.8 Å². The summed E-state index contributed by atoms with van der Waals surface area (Å²) in [6.45, 7) is 4.20. The maximum Gasteiger partial charge on any atom is 0.276 e. The lowest BCUT2D eigenvalue weighted by Crippen LogP contribution is -2.25. The molecule has 1 N–H and O–H groups in total. The molecule has 0 unspecified atom stereocenters. The highest BCUT2D eigenvalue weighted by Gasteiger charge is 2.27. The maximum atomic E-state index is 12.3. The van der Waals surface area contributed by atoms with Crippen molar-refractivity contribution in [2.45, 2.75) is 51.9 Å². The smallest absolute Gasteiger partial charge is 0.276 e. The second-order valence-corrected chi connectivity index (χ2v) is 8.33. The van der Waals surface area contributed by atoms with Crippen molar-refractivity contribution in [2.75, 3.05) is 7.05 Å². The van der Waals surface area contributed by atoms with E-state index in [1.54, 1.807) is 7.05 Å². The number of carbonyl (C=O) groups excluding carboxylic acids is 1. The average molecular weight is 394 g/mol. The molecule has 0 bridgehead atoms. The molecule has 0 spiro atoms. The van der Waals surface area contributed by atoms with Gasteiger partial charge in [-0.3, -0.25) is 9.69 Å². The van der Waals surface area contributed by atoms with Crippen LogP contribution in [0.1, 0.15) is 60.5 Å². The zero-order chi connectivity index (χ0) is 19.8. The average Bonchev–Trinajstić information content (AvgIpc) is 3.12. The number of rotatable bonds is 3. The molecule has 1 saturated heterocycles. The number of benzene rings is 1. The van der Waals surface area contributed by atoms with Crippen LogP contribution in [-0.2, 0) is 4.79 Å². The number of hydrogen-bond donors (Lipinski definition) is 1. The van der Waals surface area contributed by atoms with E-state index in [0.717, 1.165) is 28.6 Å². The minimum Gasteiger partial charge on any atom is -0.328 e. The van der Waals surface area contributed by atoms with Gasteiger partial charge in [-0.25, -0.2) is 0 Å². The number of hydrogen-bond acceptors (Lipinski definition) is 2. The van der Waals surface area contributed by atoms with E-state index in [9.17, 15) is 4.79 Å². The molecule has 5 heteroatoms. The van der Waals surface area contributed by atoms with Crippen molar-refractivity contribution in [1.29, 1.82) is 0 Å². The standard InChI is InChI=1S/C23H27N3OS/c1-15-13-19(14-21-22(27)25(3)23(28)24-21)16(2)26(15)20-11-9-18(10-12-20)17-7-5-4-6-8-17/h9-14,17H,4-8H2,1-3H3,(H,24,28)/b21-14-. The van der Waals surface area contributed by atoms with E-state index in [1.165, 1.54) is 42.6 Å². The Kier molecular flexibility index (Phi) is 5.11. The van der Waals surface area contributed by atoms with E-state index in [4.69, 9.17) is 12.2 Å². The molecule has 4 rings (SSSR count). The first-order chi connectivity index (χ1) is 13.5. The molecular weight excluding hydrogens is 366 g/mol. The molecule has 1 aromatic carbocycles. The molecule has 2 fully saturated rings. The summed E-state index contributed by atoms with van der Waals surface area (Å²) in [6, 6.07) is 11.1. The van der Waals surface area contributed by atoms with Crippen molar-refractivity contribution in [1.82, 2.24) is 14.8 Å². The van der Waals surface area contributed by atoms with Crippen LogP contribution in [0.2, 0.25) is 0 Å². The Morgan fingerprint density at radius 2 is 1.79 bits per heavy atom. The lowest BCUT2D eigenvalue weighted by atomic mass is 9.84. The number of thiocarbonyl (C=S) groups is 1. The summed E-state index contributed by atoms with van der Waals surface area (Å²) in [5.41, 5.74) is 6.45. The van der Waals surface area contributed by atoms with Crippen LogP contribution in [0.3, 0.4) is 0 Å². The fourth-order valence-corrected chi connectivity index (χ4v) is 4.63. The van der Waals surface area contributed by atoms with Crippen LogP contribution in [0.4, 0.5) is 0 Å². The second-order valence-electron chi connectivity index (χ2n) is 7.94. The summed E-state index contributed by atoms with van der Waals surface area (Å²) < 4.78 is 2.25. The second kappa shape index (κ2) is 7.55. The molecule has 1 aromatic heterocycles. The molecule has 2 heterocycles. The van der Waals surface area contributed by atoms with Gasteiger partial charge >= 0.3 is 0 Å². The summed E-state index contributed by atoms with van der Waals surface area (Å²) in [6.07, 6.45) is 8.61. The molecule has 2 aliphatic rings. The number of amides is 1. The van der Waals surface area contributed by atoms with Gasteiger partial charge in [0.05, 0.1) is 0 Å². The van der Waals surface area contributed by atoms with E-state index in [2.05, 4.69) is 54.1 Å². The SMILES string of the molecule is Cc1cc(/C=C2\NC(=S)N(C)C2=O)c(C)n1-c1ccc(C2CCCCC2)cc1. The quantitative estimate of drug-likeness (QED) is 0.599. The topological polar surface area (TPSA) is 37.3 Å². The third-order valence-corrected chi connectivity index (χ3v) is 6.46. The maximum absolute atomic E-state index is 12.3. The van der Waals surface area contributed by atoms with E-state index < -0.39 is 0 Å². The van der Waals surface area contributed by atoms with Crippen LogP contribution in [-0.4, -0.2) is 27.5 Å². The number of nitrogens with zero attached hydrogens (tertiary/aromatic N) is 2. The highest BCUT2D eigenvalue weighted by molar-refractivity contribution is 7.80. The molecule has 1 aliphatic carbocycles. The van der Waals surface area contributed by atoms with Gasteiger partial charge in [-0.15, -0.1) is 0 Å². The monoisotopic (exact) mass is 393 g/mol. The third-order valence-electron chi connectivity index (χ3n) is 6.08. The Labute approximate surface area is 172 Å². The van der Waals surface area contributed by atoms with Gasteiger partial charge in [0.1, 0.15) is 5.70 Å². The molecule has 0 atom stereocenters. The Hall–Kier alpha value is -2.40. The summed E-state index contributed by atoms with van der Waals surface area (Å²) in [7, 11) is 1.69. The van der Waals surface area contributed by atoms with Gasteiger partial charge in [-0.05, 0) is 80.2 Å². The molecule has 4 nitrogen and oxygen atoms in total. The number of aryl methyl sites for hydroxylation is 1. The molecule has 1 amide bonds. The summed E-state index contributed by atoms with van der Waals surface area (Å²) in [5, 5.41) is 3.45. The van der Waals surface area contributed by atoms with E-state index >= 15 is 0 Å². The van der Waals surface area contributed by atoms with Crippen LogP contribution < -0.4 is 5.32 Å². The van der Waals surface area contributed by atoms with Gasteiger partial charge in [-0.1, -0.05) is 31.4 Å². The van der Waals surface area contributed by atoms with Crippen molar-refractivity contribution in [3.8, 4) is 5.69 Å². The number of carbonyl (C=O) groups is 1. The fourth-order valence-electron chi connectivity index (χ4n) is 4.44. The molecule has 146 valence electrons. The largest absolute Gasteiger partial charge is 0.328 e. The number of nitrogens with one attached hydrogen (secondary N) is 1. The van der Waals surface area contributed by atoms with Crippen molar-refractivity contribution in [3.05, 3.63) is 58.5 Å². The molecule has 1 aliphatic heterocycles. The predicted molar refractivity (Wildman–Crippen MR) is 118 cm³/mol. The Balaban J connectivity index is 1.63. The summed E-state index contributed by atoms with van der Waals surface area (Å²) in [4.78, 5) is 13.7. The normalized spacial score (nSPS) is 19.5. The van der Waals surface area contributed by atoms with Crippen LogP contribution in [0.25, 0.3) is 11.8 Å². The van der Waals surface area contributed by atoms with Gasteiger partial charge in [0, 0.05) is 24.1 Å². The fraction of sp³-hybridized carbons (Fsp3) is 0.391. The van der Waals surface area contributed by atoms with E-state index in [1.807, 2.05) is 6.08 Å². The lowest BCUT2D eigenvalue weighted by molar-refractivity contribution is -0.121. The molecule has 0 radical (unpaired) electrons. The van der Waals surface area contributed by atoms with Gasteiger partial charge < -0.3 is 9.88 Å². The number of aromatic nitrogens is 1. The van der Waals surface area contributed by atoms with Gasteiger partial charge in [0.25, 0.3) is 5.91 Å². The number of likely N-dealkylation sites (N-methyl/N-ethyl adjacent to an activating group) is 1. The summed E-state index contributed by atoms with van der Waals surface area (Å²) >= 11 is 5.17. The van der Waals surface area contributed by atoms with Crippen LogP contribution in [0.5, 0.6) is 0 Å². The first-order valence-electron chi connectivity index (χ1n) is 10.1. The summed E-state index contributed by atoms with van der Waals surface area (Å²) in [5.74, 6) is 0.627. The molecular formula is C23H27N3OS. The van der Waals surface area contributed by atoms with Gasteiger partial charge in [0.2, 0.25) is 0 Å². The van der Waals surface area contributed by atoms with E-state index in [0.29, 0.717) is 10.8 Å². The first-order valence-corrected chi connectivity index (χ1v) is 10.5. The lowest BCUT2D eigenvalue weighted by Gasteiger charge is -2.22. The Bertz CT molecular complexity index is 949. The first kappa shape index (κ1) is 18.9. The zero-order valence-corrected chi connectivity index (χ0v) is 17.6. The zero-order valence-electron chi connectivity index (χ0n) is 16.8. The van der Waals surface area contributed by atoms with E-state index in [-0.39, 0.29) is 5.91 Å².